The molecule has 20 heavy (non-hydrogen) atoms. The summed E-state index contributed by atoms with van der Waals surface area (Å²) in [6.07, 6.45) is 1.79. The third-order valence-corrected chi connectivity index (χ3v) is 3.85. The van der Waals surface area contributed by atoms with Crippen molar-refractivity contribution in [3.63, 3.8) is 0 Å². The Morgan fingerprint density at radius 1 is 1.35 bits per heavy atom. The Morgan fingerprint density at radius 2 is 2.00 bits per heavy atom. The molecule has 0 aromatic heterocycles. The number of carboxylic acids is 1. The van der Waals surface area contributed by atoms with Crippen LogP contribution in [-0.2, 0) is 4.79 Å². The Labute approximate surface area is 121 Å². The first kappa shape index (κ1) is 16.8. The number of carboxylic acid groups (broad SMARTS) is 1. The van der Waals surface area contributed by atoms with E-state index in [1.54, 1.807) is 18.7 Å². The summed E-state index contributed by atoms with van der Waals surface area (Å²) in [5.41, 5.74) is 0. The van der Waals surface area contributed by atoms with Gasteiger partial charge in [0.15, 0.2) is 0 Å². The number of nitrogens with one attached hydrogen (secondary N) is 1. The van der Waals surface area contributed by atoms with Crippen molar-refractivity contribution in [1.29, 1.82) is 0 Å². The van der Waals surface area contributed by atoms with Crippen LogP contribution in [0.1, 0.15) is 33.6 Å². The van der Waals surface area contributed by atoms with Crippen LogP contribution < -0.4 is 5.32 Å². The van der Waals surface area contributed by atoms with E-state index >= 15 is 0 Å². The summed E-state index contributed by atoms with van der Waals surface area (Å²) in [7, 11) is 2.05. The van der Waals surface area contributed by atoms with Crippen LogP contribution in [-0.4, -0.2) is 65.7 Å². The number of carbonyl (C=O) groups is 2. The molecule has 0 aromatic rings. The van der Waals surface area contributed by atoms with Crippen LogP contribution in [0.5, 0.6) is 0 Å². The minimum absolute atomic E-state index is 0.133. The van der Waals surface area contributed by atoms with Crippen molar-refractivity contribution in [3.05, 3.63) is 0 Å². The van der Waals surface area contributed by atoms with Gasteiger partial charge in [-0.3, -0.25) is 0 Å². The topological polar surface area (TPSA) is 72.9 Å². The lowest BCUT2D eigenvalue weighted by molar-refractivity contribution is -0.140. The highest BCUT2D eigenvalue weighted by Crippen LogP contribution is 2.13. The van der Waals surface area contributed by atoms with Crippen molar-refractivity contribution in [2.24, 2.45) is 5.92 Å². The van der Waals surface area contributed by atoms with Crippen molar-refractivity contribution in [3.8, 4) is 0 Å². The number of aliphatic carboxylic acids is 1. The molecule has 1 aliphatic heterocycles. The minimum Gasteiger partial charge on any atom is -0.480 e. The maximum Gasteiger partial charge on any atom is 0.326 e. The van der Waals surface area contributed by atoms with Crippen LogP contribution in [0, 0.1) is 5.92 Å². The molecule has 2 amide bonds. The largest absolute Gasteiger partial charge is 0.480 e. The first-order chi connectivity index (χ1) is 9.36. The van der Waals surface area contributed by atoms with Crippen LogP contribution in [0.25, 0.3) is 0 Å². The zero-order chi connectivity index (χ0) is 15.3. The predicted octanol–water partition coefficient (Wildman–Crippen LogP) is 1.22. The summed E-state index contributed by atoms with van der Waals surface area (Å²) in [6.45, 7) is 8.13. The number of rotatable bonds is 4. The fraction of sp³-hybridized carbons (Fsp3) is 0.857. The van der Waals surface area contributed by atoms with Gasteiger partial charge < -0.3 is 20.2 Å². The van der Waals surface area contributed by atoms with E-state index in [0.717, 1.165) is 25.9 Å². The van der Waals surface area contributed by atoms with Crippen LogP contribution in [0.2, 0.25) is 0 Å². The van der Waals surface area contributed by atoms with Gasteiger partial charge >= 0.3 is 12.0 Å². The molecule has 0 aromatic carbocycles. The van der Waals surface area contributed by atoms with Gasteiger partial charge in [0.2, 0.25) is 0 Å². The number of amides is 2. The molecule has 1 unspecified atom stereocenters. The summed E-state index contributed by atoms with van der Waals surface area (Å²) in [5.74, 6) is -1.11. The molecule has 0 radical (unpaired) electrons. The average Bonchev–Trinajstić information content (AvgIpc) is 2.56. The number of hydrogen-bond donors (Lipinski definition) is 2. The Morgan fingerprint density at radius 3 is 2.50 bits per heavy atom. The normalized spacial score (nSPS) is 22.4. The second kappa shape index (κ2) is 7.47. The summed E-state index contributed by atoms with van der Waals surface area (Å²) in [5, 5.41) is 11.8. The molecule has 0 saturated carbocycles. The Hall–Kier alpha value is -1.30. The van der Waals surface area contributed by atoms with Crippen molar-refractivity contribution in [1.82, 2.24) is 15.1 Å². The van der Waals surface area contributed by atoms with Gasteiger partial charge in [-0.1, -0.05) is 20.8 Å². The number of hydrogen-bond acceptors (Lipinski definition) is 3. The molecule has 2 N–H and O–H groups in total. The average molecular weight is 285 g/mol. The maximum atomic E-state index is 12.4. The van der Waals surface area contributed by atoms with E-state index in [0.29, 0.717) is 6.54 Å². The fourth-order valence-corrected chi connectivity index (χ4v) is 2.59. The maximum absolute atomic E-state index is 12.4. The fourth-order valence-electron chi connectivity index (χ4n) is 2.59. The highest BCUT2D eigenvalue weighted by Gasteiger charge is 2.30. The van der Waals surface area contributed by atoms with Crippen molar-refractivity contribution in [2.75, 3.05) is 26.7 Å². The van der Waals surface area contributed by atoms with E-state index in [1.807, 2.05) is 0 Å². The van der Waals surface area contributed by atoms with Crippen LogP contribution >= 0.6 is 0 Å². The van der Waals surface area contributed by atoms with Gasteiger partial charge in [0.1, 0.15) is 6.04 Å². The third kappa shape index (κ3) is 4.37. The third-order valence-electron chi connectivity index (χ3n) is 3.85. The van der Waals surface area contributed by atoms with E-state index in [-0.39, 0.29) is 18.0 Å². The second-order valence-corrected chi connectivity index (χ2v) is 5.88. The molecule has 1 aliphatic rings. The van der Waals surface area contributed by atoms with Gasteiger partial charge in [0, 0.05) is 19.1 Å². The van der Waals surface area contributed by atoms with Crippen LogP contribution in [0.4, 0.5) is 4.79 Å². The van der Waals surface area contributed by atoms with Gasteiger partial charge in [-0.2, -0.15) is 0 Å². The number of likely N-dealkylation sites (N-methyl/N-ethyl adjacent to an activating group) is 1. The summed E-state index contributed by atoms with van der Waals surface area (Å²) in [4.78, 5) is 27.6. The van der Waals surface area contributed by atoms with E-state index in [2.05, 4.69) is 24.2 Å². The molecule has 1 heterocycles. The quantitative estimate of drug-likeness (QED) is 0.814. The second-order valence-electron chi connectivity index (χ2n) is 5.88. The zero-order valence-corrected chi connectivity index (χ0v) is 12.9. The Bertz CT molecular complexity index is 347. The molecule has 0 spiro atoms. The molecule has 0 aliphatic carbocycles. The van der Waals surface area contributed by atoms with Gasteiger partial charge in [0.05, 0.1) is 0 Å². The lowest BCUT2D eigenvalue weighted by Crippen LogP contribution is -2.53. The Balaban J connectivity index is 2.75. The van der Waals surface area contributed by atoms with Crippen molar-refractivity contribution >= 4 is 12.0 Å². The van der Waals surface area contributed by atoms with Crippen molar-refractivity contribution < 1.29 is 14.7 Å². The van der Waals surface area contributed by atoms with Crippen LogP contribution in [0.15, 0.2) is 0 Å². The molecule has 2 atom stereocenters. The van der Waals surface area contributed by atoms with E-state index in [4.69, 9.17) is 0 Å². The molecule has 6 nitrogen and oxygen atoms in total. The lowest BCUT2D eigenvalue weighted by atomic mass is 10.1. The molecule has 1 fully saturated rings. The molecule has 1 saturated heterocycles. The predicted molar refractivity (Wildman–Crippen MR) is 77.7 cm³/mol. The Kier molecular flexibility index (Phi) is 6.26. The molecule has 0 bridgehead atoms. The first-order valence-corrected chi connectivity index (χ1v) is 7.35. The number of carbonyl (C=O) groups excluding carboxylic acids is 1. The van der Waals surface area contributed by atoms with E-state index < -0.39 is 12.0 Å². The zero-order valence-electron chi connectivity index (χ0n) is 12.9. The number of urea groups is 1. The SMILES string of the molecule is CCC1CN(C)CCCN1C(=O)N[C@H](C(=O)O)C(C)C. The van der Waals surface area contributed by atoms with Gasteiger partial charge in [-0.05, 0) is 32.4 Å². The van der Waals surface area contributed by atoms with Crippen LogP contribution in [0.3, 0.4) is 0 Å². The highest BCUT2D eigenvalue weighted by molar-refractivity contribution is 5.83. The molecule has 116 valence electrons. The van der Waals surface area contributed by atoms with E-state index in [1.165, 1.54) is 0 Å². The lowest BCUT2D eigenvalue weighted by Gasteiger charge is -2.32. The monoisotopic (exact) mass is 285 g/mol. The molecule has 1 rings (SSSR count). The van der Waals surface area contributed by atoms with E-state index in [9.17, 15) is 14.7 Å². The standard InChI is InChI=1S/C14H27N3O3/c1-5-11-9-16(4)7-6-8-17(11)14(20)15-12(10(2)3)13(18)19/h10-12H,5-9H2,1-4H3,(H,15,20)(H,18,19)/t11?,12-/m0/s1. The van der Waals surface area contributed by atoms with Crippen molar-refractivity contribution in [2.45, 2.75) is 45.7 Å². The smallest absolute Gasteiger partial charge is 0.326 e. The summed E-state index contributed by atoms with van der Waals surface area (Å²) in [6, 6.07) is -0.946. The number of nitrogens with zero attached hydrogens (tertiary/aromatic N) is 2. The van der Waals surface area contributed by atoms with Gasteiger partial charge in [0.25, 0.3) is 0 Å². The summed E-state index contributed by atoms with van der Waals surface area (Å²) >= 11 is 0. The van der Waals surface area contributed by atoms with Gasteiger partial charge in [-0.15, -0.1) is 0 Å². The van der Waals surface area contributed by atoms with Gasteiger partial charge in [-0.25, -0.2) is 9.59 Å². The summed E-state index contributed by atoms with van der Waals surface area (Å²) < 4.78 is 0. The first-order valence-electron chi connectivity index (χ1n) is 7.35. The highest BCUT2D eigenvalue weighted by atomic mass is 16.4. The molecular formula is C14H27N3O3. The molecule has 6 heteroatoms. The minimum atomic E-state index is -0.978. The molecular weight excluding hydrogens is 258 g/mol.